The van der Waals surface area contributed by atoms with Gasteiger partial charge in [-0.1, -0.05) is 18.9 Å². The fraction of sp³-hybridized carbons (Fsp3) is 0.769. The molecule has 1 rings (SSSR count). The quantitative estimate of drug-likeness (QED) is 0.495. The third-order valence-electron chi connectivity index (χ3n) is 3.43. The van der Waals surface area contributed by atoms with Crippen molar-refractivity contribution < 1.29 is 9.53 Å². The van der Waals surface area contributed by atoms with Crippen LogP contribution >= 0.6 is 0 Å². The Labute approximate surface area is 104 Å². The smallest absolute Gasteiger partial charge is 0.227 e. The average molecular weight is 240 g/mol. The molecule has 0 heterocycles. The maximum atomic E-state index is 12.0. The van der Waals surface area contributed by atoms with Gasteiger partial charge >= 0.3 is 0 Å². The Kier molecular flexibility index (Phi) is 6.22. The molecule has 0 atom stereocenters. The average Bonchev–Trinajstić information content (AvgIpc) is 2.83. The zero-order chi connectivity index (χ0) is 12.6. The Bertz CT molecular complexity index is 248. The zero-order valence-electron chi connectivity index (χ0n) is 10.5. The Balaban J connectivity index is 2.17. The molecule has 1 aliphatic carbocycles. The zero-order valence-corrected chi connectivity index (χ0v) is 10.5. The largest absolute Gasteiger partial charge is 0.379 e. The lowest BCUT2D eigenvalue weighted by Gasteiger charge is -2.25. The van der Waals surface area contributed by atoms with Crippen LogP contribution in [0.4, 0.5) is 0 Å². The molecule has 0 aromatic rings. The topological polar surface area (TPSA) is 64.3 Å². The van der Waals surface area contributed by atoms with E-state index in [0.717, 1.165) is 32.1 Å². The van der Waals surface area contributed by atoms with Crippen molar-refractivity contribution in [1.29, 1.82) is 0 Å². The van der Waals surface area contributed by atoms with Gasteiger partial charge in [-0.25, -0.2) is 0 Å². The predicted octanol–water partition coefficient (Wildman–Crippen LogP) is 1.21. The van der Waals surface area contributed by atoms with Gasteiger partial charge in [0.1, 0.15) is 0 Å². The molecule has 4 heteroatoms. The molecule has 1 aliphatic rings. The van der Waals surface area contributed by atoms with Gasteiger partial charge in [0.25, 0.3) is 0 Å². The summed E-state index contributed by atoms with van der Waals surface area (Å²) in [7, 11) is 0. The molecule has 0 aromatic heterocycles. The Morgan fingerprint density at radius 2 is 2.12 bits per heavy atom. The second kappa shape index (κ2) is 7.45. The summed E-state index contributed by atoms with van der Waals surface area (Å²) < 4.78 is 5.34. The summed E-state index contributed by atoms with van der Waals surface area (Å²) in [6.45, 7) is 5.86. The van der Waals surface area contributed by atoms with Crippen LogP contribution in [0.5, 0.6) is 0 Å². The molecule has 0 radical (unpaired) electrons. The fourth-order valence-electron chi connectivity index (χ4n) is 2.27. The van der Waals surface area contributed by atoms with Crippen LogP contribution in [-0.2, 0) is 9.53 Å². The van der Waals surface area contributed by atoms with Crippen LogP contribution < -0.4 is 11.1 Å². The van der Waals surface area contributed by atoms with Gasteiger partial charge in [-0.3, -0.25) is 4.79 Å². The lowest BCUT2D eigenvalue weighted by molar-refractivity contribution is -0.130. The number of nitrogens with one attached hydrogen (secondary N) is 1. The maximum absolute atomic E-state index is 12.0. The minimum absolute atomic E-state index is 0.102. The van der Waals surface area contributed by atoms with E-state index in [9.17, 15) is 4.79 Å². The van der Waals surface area contributed by atoms with Crippen LogP contribution in [0.25, 0.3) is 0 Å². The van der Waals surface area contributed by atoms with E-state index in [1.807, 2.05) is 6.08 Å². The number of carbonyl (C=O) groups is 1. The van der Waals surface area contributed by atoms with Crippen molar-refractivity contribution in [3.05, 3.63) is 12.7 Å². The van der Waals surface area contributed by atoms with Crippen molar-refractivity contribution >= 4 is 5.91 Å². The van der Waals surface area contributed by atoms with Crippen molar-refractivity contribution in [1.82, 2.24) is 5.32 Å². The first-order valence-corrected chi connectivity index (χ1v) is 6.42. The molecule has 0 aromatic carbocycles. The summed E-state index contributed by atoms with van der Waals surface area (Å²) in [5, 5.41) is 2.92. The third kappa shape index (κ3) is 4.13. The van der Waals surface area contributed by atoms with Crippen molar-refractivity contribution in [3.8, 4) is 0 Å². The van der Waals surface area contributed by atoms with Gasteiger partial charge in [-0.05, 0) is 19.3 Å². The van der Waals surface area contributed by atoms with Crippen LogP contribution in [0.1, 0.15) is 32.1 Å². The van der Waals surface area contributed by atoms with Crippen LogP contribution in [-0.4, -0.2) is 32.2 Å². The lowest BCUT2D eigenvalue weighted by Crippen LogP contribution is -2.45. The number of rotatable bonds is 8. The summed E-state index contributed by atoms with van der Waals surface area (Å²) in [4.78, 5) is 12.0. The second-order valence-corrected chi connectivity index (χ2v) is 4.64. The number of hydrogen-bond acceptors (Lipinski definition) is 3. The molecule has 3 N–H and O–H groups in total. The van der Waals surface area contributed by atoms with Crippen LogP contribution in [0.15, 0.2) is 12.7 Å². The molecule has 17 heavy (non-hydrogen) atoms. The molecular formula is C13H24N2O2. The Morgan fingerprint density at radius 1 is 1.41 bits per heavy atom. The van der Waals surface area contributed by atoms with E-state index in [2.05, 4.69) is 11.9 Å². The van der Waals surface area contributed by atoms with Crippen molar-refractivity contribution in [2.45, 2.75) is 32.1 Å². The highest BCUT2D eigenvalue weighted by Crippen LogP contribution is 2.37. The van der Waals surface area contributed by atoms with Gasteiger partial charge < -0.3 is 15.8 Å². The van der Waals surface area contributed by atoms with Crippen LogP contribution in [0.2, 0.25) is 0 Å². The van der Waals surface area contributed by atoms with Gasteiger partial charge in [0.2, 0.25) is 5.91 Å². The van der Waals surface area contributed by atoms with Gasteiger partial charge in [-0.15, -0.1) is 6.58 Å². The van der Waals surface area contributed by atoms with E-state index in [1.54, 1.807) is 0 Å². The summed E-state index contributed by atoms with van der Waals surface area (Å²) in [5.41, 5.74) is 5.43. The summed E-state index contributed by atoms with van der Waals surface area (Å²) >= 11 is 0. The fourth-order valence-corrected chi connectivity index (χ4v) is 2.27. The molecule has 0 unspecified atom stereocenters. The van der Waals surface area contributed by atoms with Crippen molar-refractivity contribution in [2.24, 2.45) is 11.1 Å². The number of carbonyl (C=O) groups excluding carboxylic acids is 1. The number of amides is 1. The molecule has 1 fully saturated rings. The monoisotopic (exact) mass is 240 g/mol. The van der Waals surface area contributed by atoms with Crippen LogP contribution in [0.3, 0.4) is 0 Å². The molecule has 0 aliphatic heterocycles. The Morgan fingerprint density at radius 3 is 2.71 bits per heavy atom. The maximum Gasteiger partial charge on any atom is 0.227 e. The van der Waals surface area contributed by atoms with Gasteiger partial charge in [0, 0.05) is 13.1 Å². The lowest BCUT2D eigenvalue weighted by atomic mass is 9.85. The van der Waals surface area contributed by atoms with Gasteiger partial charge in [-0.2, -0.15) is 0 Å². The van der Waals surface area contributed by atoms with E-state index < -0.39 is 0 Å². The summed E-state index contributed by atoms with van der Waals surface area (Å²) in [6.07, 6.45) is 6.74. The van der Waals surface area contributed by atoms with E-state index in [0.29, 0.717) is 26.3 Å². The van der Waals surface area contributed by atoms with Crippen molar-refractivity contribution in [3.63, 3.8) is 0 Å². The number of nitrogens with two attached hydrogens (primary N) is 1. The number of ether oxygens (including phenoxy) is 1. The van der Waals surface area contributed by atoms with E-state index in [4.69, 9.17) is 10.5 Å². The van der Waals surface area contributed by atoms with E-state index in [1.165, 1.54) is 0 Å². The normalized spacial score (nSPS) is 17.9. The molecule has 4 nitrogen and oxygen atoms in total. The predicted molar refractivity (Wildman–Crippen MR) is 68.6 cm³/mol. The molecule has 98 valence electrons. The Hall–Kier alpha value is -0.870. The highest BCUT2D eigenvalue weighted by molar-refractivity contribution is 5.83. The first-order chi connectivity index (χ1) is 8.25. The molecule has 1 saturated carbocycles. The van der Waals surface area contributed by atoms with Crippen molar-refractivity contribution in [2.75, 3.05) is 26.3 Å². The molecule has 0 spiro atoms. The first-order valence-electron chi connectivity index (χ1n) is 6.42. The van der Waals surface area contributed by atoms with Crippen LogP contribution in [0, 0.1) is 5.41 Å². The molecule has 0 bridgehead atoms. The minimum Gasteiger partial charge on any atom is -0.379 e. The molecule has 0 saturated heterocycles. The molecular weight excluding hydrogens is 216 g/mol. The SMILES string of the molecule is C=CCCOCCNC(=O)C1(CN)CCCC1. The minimum atomic E-state index is -0.304. The highest BCUT2D eigenvalue weighted by Gasteiger charge is 2.39. The second-order valence-electron chi connectivity index (χ2n) is 4.64. The first kappa shape index (κ1) is 14.2. The molecule has 1 amide bonds. The number of hydrogen-bond donors (Lipinski definition) is 2. The summed E-state index contributed by atoms with van der Waals surface area (Å²) in [5.74, 6) is 0.102. The highest BCUT2D eigenvalue weighted by atomic mass is 16.5. The summed E-state index contributed by atoms with van der Waals surface area (Å²) in [6, 6.07) is 0. The van der Waals surface area contributed by atoms with E-state index >= 15 is 0 Å². The standard InChI is InChI=1S/C13H24N2O2/c1-2-3-9-17-10-8-15-12(16)13(11-14)6-4-5-7-13/h2H,1,3-11,14H2,(H,15,16). The van der Waals surface area contributed by atoms with E-state index in [-0.39, 0.29) is 11.3 Å². The van der Waals surface area contributed by atoms with Gasteiger partial charge in [0.15, 0.2) is 0 Å². The third-order valence-corrected chi connectivity index (χ3v) is 3.43. The van der Waals surface area contributed by atoms with Gasteiger partial charge in [0.05, 0.1) is 18.6 Å².